The molecule has 4 heterocycles. The number of hydrogen-bond acceptors (Lipinski definition) is 7. The van der Waals surface area contributed by atoms with E-state index in [-0.39, 0.29) is 29.5 Å². The van der Waals surface area contributed by atoms with Gasteiger partial charge in [-0.15, -0.1) is 22.7 Å². The van der Waals surface area contributed by atoms with Crippen LogP contribution in [0.2, 0.25) is 0 Å². The molecule has 9 heteroatoms. The average molecular weight is 412 g/mol. The van der Waals surface area contributed by atoms with Gasteiger partial charge in [0, 0.05) is 6.04 Å². The lowest BCUT2D eigenvalue weighted by Gasteiger charge is -2.28. The third kappa shape index (κ3) is 3.58. The third-order valence-corrected chi connectivity index (χ3v) is 8.90. The molecule has 2 aliphatic heterocycles. The van der Waals surface area contributed by atoms with Crippen LogP contribution in [0.1, 0.15) is 28.2 Å². The number of likely N-dealkylation sites (tertiary alicyclic amines) is 1. The van der Waals surface area contributed by atoms with Crippen LogP contribution in [0.5, 0.6) is 0 Å². The number of aromatic nitrogens is 1. The van der Waals surface area contributed by atoms with Gasteiger partial charge < -0.3 is 5.32 Å². The maximum Gasteiger partial charge on any atom is 0.263 e. The van der Waals surface area contributed by atoms with Crippen molar-refractivity contribution in [2.24, 2.45) is 0 Å². The largest absolute Gasteiger partial charge is 0.346 e. The predicted octanol–water partition coefficient (Wildman–Crippen LogP) is 2.17. The normalized spacial score (nSPS) is 25.6. The van der Waals surface area contributed by atoms with E-state index in [0.29, 0.717) is 10.6 Å². The van der Waals surface area contributed by atoms with Crippen LogP contribution in [0.15, 0.2) is 17.5 Å². The minimum atomic E-state index is -3.12. The minimum Gasteiger partial charge on any atom is -0.346 e. The highest BCUT2D eigenvalue weighted by molar-refractivity contribution is 7.91. The highest BCUT2D eigenvalue weighted by atomic mass is 32.2. The van der Waals surface area contributed by atoms with Gasteiger partial charge in [0.05, 0.1) is 28.1 Å². The maximum absolute atomic E-state index is 12.8. The molecule has 1 N–H and O–H groups in total. The molecule has 0 aliphatic carbocycles. The van der Waals surface area contributed by atoms with Gasteiger partial charge in [0.25, 0.3) is 5.91 Å². The molecule has 0 saturated carbocycles. The number of aryl methyl sites for hydroxylation is 1. The second-order valence-corrected chi connectivity index (χ2v) is 11.0. The summed E-state index contributed by atoms with van der Waals surface area (Å²) in [6.07, 6.45) is 2.19. The molecule has 2 aromatic heterocycles. The number of hydrogen-bond donors (Lipinski definition) is 1. The maximum atomic E-state index is 12.8. The summed E-state index contributed by atoms with van der Waals surface area (Å²) >= 11 is 2.96. The number of nitrogens with one attached hydrogen (secondary N) is 1. The lowest BCUT2D eigenvalue weighted by Crippen LogP contribution is -2.50. The monoisotopic (exact) mass is 411 g/mol. The van der Waals surface area contributed by atoms with Crippen LogP contribution in [0, 0.1) is 6.92 Å². The van der Waals surface area contributed by atoms with E-state index in [0.717, 1.165) is 35.8 Å². The van der Waals surface area contributed by atoms with Gasteiger partial charge in [-0.3, -0.25) is 9.69 Å². The molecule has 2 unspecified atom stereocenters. The van der Waals surface area contributed by atoms with E-state index < -0.39 is 9.84 Å². The van der Waals surface area contributed by atoms with Crippen molar-refractivity contribution in [1.29, 1.82) is 0 Å². The lowest BCUT2D eigenvalue weighted by atomic mass is 10.1. The molecule has 0 aromatic carbocycles. The summed E-state index contributed by atoms with van der Waals surface area (Å²) in [7, 11) is -3.12. The zero-order valence-electron chi connectivity index (χ0n) is 14.5. The molecule has 2 aliphatic rings. The van der Waals surface area contributed by atoms with Gasteiger partial charge in [-0.05, 0) is 44.3 Å². The smallest absolute Gasteiger partial charge is 0.263 e. The SMILES string of the molecule is Cc1nc(-c2cccs2)sc1C(=O)NC1CS(=O)(=O)CC1N1CCCC1. The van der Waals surface area contributed by atoms with Gasteiger partial charge in [0.15, 0.2) is 9.84 Å². The number of thiazole rings is 1. The van der Waals surface area contributed by atoms with Crippen LogP contribution in [-0.2, 0) is 9.84 Å². The molecule has 6 nitrogen and oxygen atoms in total. The fourth-order valence-electron chi connectivity index (χ4n) is 3.75. The molecule has 0 spiro atoms. The standard InChI is InChI=1S/C17H21N3O3S3/c1-11-15(25-17(18-11)14-5-4-8-24-14)16(21)19-12-9-26(22,23)10-13(12)20-6-2-3-7-20/h4-5,8,12-13H,2-3,6-7,9-10H2,1H3,(H,19,21). The summed E-state index contributed by atoms with van der Waals surface area (Å²) in [5.41, 5.74) is 0.689. The van der Waals surface area contributed by atoms with Crippen molar-refractivity contribution in [2.75, 3.05) is 24.6 Å². The van der Waals surface area contributed by atoms with Gasteiger partial charge in [-0.1, -0.05) is 6.07 Å². The first-order chi connectivity index (χ1) is 12.4. The van der Waals surface area contributed by atoms with Crippen LogP contribution in [0.25, 0.3) is 9.88 Å². The van der Waals surface area contributed by atoms with Crippen LogP contribution in [-0.4, -0.2) is 60.9 Å². The number of sulfone groups is 1. The highest BCUT2D eigenvalue weighted by Crippen LogP contribution is 2.31. The Balaban J connectivity index is 1.53. The van der Waals surface area contributed by atoms with Gasteiger partial charge in [0.2, 0.25) is 0 Å². The van der Waals surface area contributed by atoms with Crippen LogP contribution >= 0.6 is 22.7 Å². The van der Waals surface area contributed by atoms with Gasteiger partial charge in [-0.25, -0.2) is 13.4 Å². The molecular weight excluding hydrogens is 390 g/mol. The van der Waals surface area contributed by atoms with Crippen molar-refractivity contribution in [3.8, 4) is 9.88 Å². The number of amides is 1. The van der Waals surface area contributed by atoms with Crippen molar-refractivity contribution in [1.82, 2.24) is 15.2 Å². The third-order valence-electron chi connectivity index (χ3n) is 4.98. The Morgan fingerprint density at radius 3 is 2.77 bits per heavy atom. The van der Waals surface area contributed by atoms with Crippen LogP contribution < -0.4 is 5.32 Å². The lowest BCUT2D eigenvalue weighted by molar-refractivity contribution is 0.0922. The molecule has 26 heavy (non-hydrogen) atoms. The summed E-state index contributed by atoms with van der Waals surface area (Å²) in [4.78, 5) is 21.2. The summed E-state index contributed by atoms with van der Waals surface area (Å²) in [5, 5.41) is 5.80. The van der Waals surface area contributed by atoms with Crippen molar-refractivity contribution < 1.29 is 13.2 Å². The molecule has 0 radical (unpaired) electrons. The topological polar surface area (TPSA) is 79.4 Å². The Hall–Kier alpha value is -1.29. The number of thiophene rings is 1. The van der Waals surface area contributed by atoms with Crippen molar-refractivity contribution >= 4 is 38.4 Å². The Morgan fingerprint density at radius 1 is 1.31 bits per heavy atom. The summed E-state index contributed by atoms with van der Waals surface area (Å²) < 4.78 is 24.3. The van der Waals surface area contributed by atoms with Crippen molar-refractivity contribution in [3.05, 3.63) is 28.1 Å². The molecule has 2 saturated heterocycles. The minimum absolute atomic E-state index is 0.0234. The zero-order valence-corrected chi connectivity index (χ0v) is 16.9. The first-order valence-corrected chi connectivity index (χ1v) is 12.2. The van der Waals surface area contributed by atoms with Crippen molar-refractivity contribution in [3.63, 3.8) is 0 Å². The van der Waals surface area contributed by atoms with Gasteiger partial charge in [-0.2, -0.15) is 0 Å². The second-order valence-electron chi connectivity index (χ2n) is 6.88. The Kier molecular flexibility index (Phi) is 4.89. The number of nitrogens with zero attached hydrogens (tertiary/aromatic N) is 2. The fourth-order valence-corrected chi connectivity index (χ4v) is 7.47. The molecule has 4 rings (SSSR count). The van der Waals surface area contributed by atoms with Crippen molar-refractivity contribution in [2.45, 2.75) is 31.8 Å². The van der Waals surface area contributed by atoms with Crippen LogP contribution in [0.4, 0.5) is 0 Å². The fraction of sp³-hybridized carbons (Fsp3) is 0.529. The molecule has 140 valence electrons. The molecular formula is C17H21N3O3S3. The van der Waals surface area contributed by atoms with Gasteiger partial charge >= 0.3 is 0 Å². The Bertz CT molecular complexity index is 899. The first kappa shape index (κ1) is 18.1. The van der Waals surface area contributed by atoms with Crippen LogP contribution in [0.3, 0.4) is 0 Å². The molecule has 2 atom stereocenters. The van der Waals surface area contributed by atoms with E-state index in [1.807, 2.05) is 24.4 Å². The molecule has 2 fully saturated rings. The summed E-state index contributed by atoms with van der Waals surface area (Å²) in [6, 6.07) is 3.48. The molecule has 1 amide bonds. The first-order valence-electron chi connectivity index (χ1n) is 8.69. The predicted molar refractivity (Wildman–Crippen MR) is 105 cm³/mol. The number of carbonyl (C=O) groups is 1. The second kappa shape index (κ2) is 7.03. The Morgan fingerprint density at radius 2 is 2.08 bits per heavy atom. The quantitative estimate of drug-likeness (QED) is 0.834. The van der Waals surface area contributed by atoms with E-state index in [1.165, 1.54) is 11.3 Å². The average Bonchev–Trinajstić information content (AvgIpc) is 3.32. The van der Waals surface area contributed by atoms with E-state index >= 15 is 0 Å². The number of carbonyl (C=O) groups excluding carboxylic acids is 1. The van der Waals surface area contributed by atoms with E-state index in [2.05, 4.69) is 15.2 Å². The number of rotatable bonds is 4. The highest BCUT2D eigenvalue weighted by Gasteiger charge is 2.42. The van der Waals surface area contributed by atoms with E-state index in [9.17, 15) is 13.2 Å². The molecule has 0 bridgehead atoms. The van der Waals surface area contributed by atoms with Gasteiger partial charge in [0.1, 0.15) is 9.88 Å². The molecule has 2 aromatic rings. The Labute approximate surface area is 161 Å². The summed E-state index contributed by atoms with van der Waals surface area (Å²) in [6.45, 7) is 3.65. The van der Waals surface area contributed by atoms with E-state index in [1.54, 1.807) is 11.3 Å². The zero-order chi connectivity index (χ0) is 18.3. The summed E-state index contributed by atoms with van der Waals surface area (Å²) in [5.74, 6) is -0.0515. The van der Waals surface area contributed by atoms with E-state index in [4.69, 9.17) is 0 Å².